The maximum Gasteiger partial charge on any atom is 0.141 e. The lowest BCUT2D eigenvalue weighted by atomic mass is 10.4. The van der Waals surface area contributed by atoms with Crippen molar-refractivity contribution in [2.75, 3.05) is 11.9 Å². The maximum absolute atomic E-state index is 4.36. The van der Waals surface area contributed by atoms with E-state index in [4.69, 9.17) is 0 Å². The van der Waals surface area contributed by atoms with Crippen molar-refractivity contribution in [1.29, 1.82) is 0 Å². The van der Waals surface area contributed by atoms with E-state index in [1.165, 1.54) is 12.8 Å². The van der Waals surface area contributed by atoms with E-state index >= 15 is 0 Å². The Morgan fingerprint density at radius 2 is 2.38 bits per heavy atom. The molecule has 0 N–H and O–H groups in total. The molecule has 2 rings (SSSR count). The van der Waals surface area contributed by atoms with E-state index in [0.717, 1.165) is 43.3 Å². The van der Waals surface area contributed by atoms with Gasteiger partial charge in [-0.3, -0.25) is 4.90 Å². The van der Waals surface area contributed by atoms with Crippen LogP contribution in [-0.2, 0) is 13.1 Å². The molecule has 5 heteroatoms. The van der Waals surface area contributed by atoms with Crippen molar-refractivity contribution in [3.63, 3.8) is 0 Å². The molecule has 1 aliphatic carbocycles. The van der Waals surface area contributed by atoms with E-state index in [9.17, 15) is 0 Å². The first-order valence-electron chi connectivity index (χ1n) is 6.01. The topological polar surface area (TPSA) is 34.0 Å². The van der Waals surface area contributed by atoms with Crippen molar-refractivity contribution < 1.29 is 0 Å². The minimum absolute atomic E-state index is 0.782. The van der Waals surface area contributed by atoms with Crippen LogP contribution in [0.25, 0.3) is 0 Å². The molecule has 0 spiro atoms. The first-order valence-corrected chi connectivity index (χ1v) is 7.14. The normalized spacial score (nSPS) is 15.9. The predicted octanol–water partition coefficient (Wildman–Crippen LogP) is 2.05. The van der Waals surface area contributed by atoms with Crippen molar-refractivity contribution >= 4 is 15.9 Å². The molecule has 0 atom stereocenters. The lowest BCUT2D eigenvalue weighted by molar-refractivity contribution is 0.259. The molecule has 0 amide bonds. The van der Waals surface area contributed by atoms with Gasteiger partial charge in [-0.15, -0.1) is 0 Å². The lowest BCUT2D eigenvalue weighted by Gasteiger charge is -2.20. The highest BCUT2D eigenvalue weighted by molar-refractivity contribution is 9.09. The molecule has 1 aromatic heterocycles. The van der Waals surface area contributed by atoms with Crippen LogP contribution in [0.5, 0.6) is 0 Å². The van der Waals surface area contributed by atoms with Gasteiger partial charge in [-0.25, -0.2) is 9.67 Å². The Morgan fingerprint density at radius 3 is 3.00 bits per heavy atom. The third-order valence-corrected chi connectivity index (χ3v) is 3.27. The molecule has 0 radical (unpaired) electrons. The monoisotopic (exact) mass is 286 g/mol. The van der Waals surface area contributed by atoms with Crippen molar-refractivity contribution in [3.8, 4) is 0 Å². The molecule has 90 valence electrons. The van der Waals surface area contributed by atoms with Gasteiger partial charge in [-0.2, -0.15) is 5.10 Å². The van der Waals surface area contributed by atoms with Gasteiger partial charge in [0.15, 0.2) is 0 Å². The van der Waals surface area contributed by atoms with Gasteiger partial charge in [0.25, 0.3) is 0 Å². The Morgan fingerprint density at radius 1 is 1.56 bits per heavy atom. The highest BCUT2D eigenvalue weighted by atomic mass is 79.9. The summed E-state index contributed by atoms with van der Waals surface area (Å²) in [7, 11) is 0. The van der Waals surface area contributed by atoms with Gasteiger partial charge in [0, 0.05) is 24.5 Å². The quantitative estimate of drug-likeness (QED) is 0.720. The highest BCUT2D eigenvalue weighted by Crippen LogP contribution is 2.27. The van der Waals surface area contributed by atoms with Gasteiger partial charge in [0.1, 0.15) is 12.2 Å². The SMILES string of the molecule is CCCn1ncnc1CN(CCBr)C1CC1. The third-order valence-electron chi connectivity index (χ3n) is 2.91. The number of aryl methyl sites for hydroxylation is 1. The van der Waals surface area contributed by atoms with Crippen LogP contribution >= 0.6 is 15.9 Å². The van der Waals surface area contributed by atoms with Crippen molar-refractivity contribution in [3.05, 3.63) is 12.2 Å². The van der Waals surface area contributed by atoms with Crippen molar-refractivity contribution in [2.45, 2.75) is 45.3 Å². The molecule has 1 saturated carbocycles. The third kappa shape index (κ3) is 3.04. The van der Waals surface area contributed by atoms with E-state index < -0.39 is 0 Å². The molecule has 0 unspecified atom stereocenters. The van der Waals surface area contributed by atoms with E-state index in [2.05, 4.69) is 37.8 Å². The minimum Gasteiger partial charge on any atom is -0.292 e. The summed E-state index contributed by atoms with van der Waals surface area (Å²) in [6.07, 6.45) is 5.46. The molecule has 16 heavy (non-hydrogen) atoms. The maximum atomic E-state index is 4.36. The van der Waals surface area contributed by atoms with Crippen LogP contribution < -0.4 is 0 Å². The first-order chi connectivity index (χ1) is 7.85. The fourth-order valence-corrected chi connectivity index (χ4v) is 2.39. The van der Waals surface area contributed by atoms with Crippen LogP contribution in [0.1, 0.15) is 32.0 Å². The van der Waals surface area contributed by atoms with Crippen LogP contribution in [0.2, 0.25) is 0 Å². The zero-order valence-corrected chi connectivity index (χ0v) is 11.4. The number of rotatable bonds is 7. The second-order valence-electron chi connectivity index (χ2n) is 4.29. The molecule has 0 bridgehead atoms. The van der Waals surface area contributed by atoms with Crippen LogP contribution in [0, 0.1) is 0 Å². The van der Waals surface area contributed by atoms with Gasteiger partial charge in [-0.05, 0) is 19.3 Å². The van der Waals surface area contributed by atoms with Crippen LogP contribution in [0.4, 0.5) is 0 Å². The molecule has 1 heterocycles. The van der Waals surface area contributed by atoms with Gasteiger partial charge in [0.2, 0.25) is 0 Å². The summed E-state index contributed by atoms with van der Waals surface area (Å²) in [6, 6.07) is 0.782. The number of nitrogens with zero attached hydrogens (tertiary/aromatic N) is 4. The summed E-state index contributed by atoms with van der Waals surface area (Å²) in [5.41, 5.74) is 0. The first kappa shape index (κ1) is 12.0. The van der Waals surface area contributed by atoms with Gasteiger partial charge >= 0.3 is 0 Å². The summed E-state index contributed by atoms with van der Waals surface area (Å²) in [4.78, 5) is 6.87. The van der Waals surface area contributed by atoms with Gasteiger partial charge in [0.05, 0.1) is 6.54 Å². The molecule has 0 aliphatic heterocycles. The number of aromatic nitrogens is 3. The summed E-state index contributed by atoms with van der Waals surface area (Å²) >= 11 is 3.51. The number of halogens is 1. The summed E-state index contributed by atoms with van der Waals surface area (Å²) in [5, 5.41) is 5.30. The Hall–Kier alpha value is -0.420. The van der Waals surface area contributed by atoms with Gasteiger partial charge < -0.3 is 0 Å². The summed E-state index contributed by atoms with van der Waals surface area (Å²) < 4.78 is 2.03. The number of hydrogen-bond donors (Lipinski definition) is 0. The Balaban J connectivity index is 1.97. The molecule has 1 aromatic rings. The standard InChI is InChI=1S/C11H19BrN4/c1-2-6-16-11(13-9-14-16)8-15(7-5-12)10-3-4-10/h9-10H,2-8H2,1H3. The molecule has 4 nitrogen and oxygen atoms in total. The van der Waals surface area contributed by atoms with Crippen molar-refractivity contribution in [2.24, 2.45) is 0 Å². The molecule has 0 saturated heterocycles. The van der Waals surface area contributed by atoms with E-state index in [0.29, 0.717) is 0 Å². The summed E-state index contributed by atoms with van der Waals surface area (Å²) in [5.74, 6) is 1.11. The second-order valence-corrected chi connectivity index (χ2v) is 5.08. The number of hydrogen-bond acceptors (Lipinski definition) is 3. The van der Waals surface area contributed by atoms with Crippen LogP contribution in [0.15, 0.2) is 6.33 Å². The average Bonchev–Trinajstić information content (AvgIpc) is 3.03. The van der Waals surface area contributed by atoms with E-state index in [1.807, 2.05) is 4.68 Å². The van der Waals surface area contributed by atoms with Crippen molar-refractivity contribution in [1.82, 2.24) is 19.7 Å². The Labute approximate surface area is 105 Å². The van der Waals surface area contributed by atoms with Crippen LogP contribution in [-0.4, -0.2) is 37.6 Å². The van der Waals surface area contributed by atoms with Crippen LogP contribution in [0.3, 0.4) is 0 Å². The van der Waals surface area contributed by atoms with Gasteiger partial charge in [-0.1, -0.05) is 22.9 Å². The molecular weight excluding hydrogens is 268 g/mol. The minimum atomic E-state index is 0.782. The largest absolute Gasteiger partial charge is 0.292 e. The predicted molar refractivity (Wildman–Crippen MR) is 67.5 cm³/mol. The molecule has 1 aliphatic rings. The fraction of sp³-hybridized carbons (Fsp3) is 0.818. The fourth-order valence-electron chi connectivity index (χ4n) is 1.93. The van der Waals surface area contributed by atoms with E-state index in [1.54, 1.807) is 6.33 Å². The highest BCUT2D eigenvalue weighted by Gasteiger charge is 2.29. The van der Waals surface area contributed by atoms with E-state index in [-0.39, 0.29) is 0 Å². The molecule has 1 fully saturated rings. The second kappa shape index (κ2) is 5.77. The zero-order valence-electron chi connectivity index (χ0n) is 9.77. The Kier molecular flexibility index (Phi) is 4.35. The number of alkyl halides is 1. The smallest absolute Gasteiger partial charge is 0.141 e. The lowest BCUT2D eigenvalue weighted by Crippen LogP contribution is -2.29. The molecule has 0 aromatic carbocycles. The Bertz CT molecular complexity index is 322. The average molecular weight is 287 g/mol. The summed E-state index contributed by atoms with van der Waals surface area (Å²) in [6.45, 7) is 5.19. The zero-order chi connectivity index (χ0) is 11.4. The molecular formula is C11H19BrN4.